The lowest BCUT2D eigenvalue weighted by molar-refractivity contribution is -0.385. The minimum Gasteiger partial charge on any atom is -0.451 e. The van der Waals surface area contributed by atoms with E-state index in [1.165, 1.54) is 24.7 Å². The van der Waals surface area contributed by atoms with Gasteiger partial charge < -0.3 is 9.64 Å². The summed E-state index contributed by atoms with van der Waals surface area (Å²) >= 11 is 6.38. The highest BCUT2D eigenvalue weighted by atomic mass is 35.5. The Morgan fingerprint density at radius 2 is 2.12 bits per heavy atom. The van der Waals surface area contributed by atoms with Crippen LogP contribution in [0.3, 0.4) is 0 Å². The van der Waals surface area contributed by atoms with Gasteiger partial charge in [0.1, 0.15) is 17.5 Å². The van der Waals surface area contributed by atoms with Gasteiger partial charge in [0, 0.05) is 12.1 Å². The third kappa shape index (κ3) is 2.73. The smallest absolute Gasteiger partial charge is 0.287 e. The van der Waals surface area contributed by atoms with Gasteiger partial charge in [-0.1, -0.05) is 18.5 Å². The Kier molecular flexibility index (Phi) is 4.00. The number of pyridine rings is 1. The largest absolute Gasteiger partial charge is 0.451 e. The van der Waals surface area contributed by atoms with Crippen molar-refractivity contribution in [3.63, 3.8) is 0 Å². The fourth-order valence-electron chi connectivity index (χ4n) is 2.50. The summed E-state index contributed by atoms with van der Waals surface area (Å²) in [6.45, 7) is 5.96. The van der Waals surface area contributed by atoms with Crippen molar-refractivity contribution in [1.82, 2.24) is 15.0 Å². The molecule has 2 aromatic rings. The third-order valence-electron chi connectivity index (χ3n) is 3.96. The number of nitrogens with zero attached hydrogens (tertiary/aromatic N) is 5. The van der Waals surface area contributed by atoms with Crippen molar-refractivity contribution in [3.8, 4) is 5.88 Å². The van der Waals surface area contributed by atoms with Crippen molar-refractivity contribution in [3.05, 3.63) is 45.5 Å². The fraction of sp³-hybridized carbons (Fsp3) is 0.400. The molecule has 1 aliphatic rings. The molecule has 9 heteroatoms. The molecule has 1 unspecified atom stereocenters. The van der Waals surface area contributed by atoms with Crippen LogP contribution < -0.4 is 9.64 Å². The first kappa shape index (κ1) is 16.4. The number of nitro groups is 1. The standard InChI is InChI=1S/C15H16ClN5O3/c1-4-10-12(16)13(19-8-18-10)20-14(15(20,2)3)24-11-6-5-9(7-17-11)21(22)23/h5-8,14H,4H2,1-3H3. The van der Waals surface area contributed by atoms with Gasteiger partial charge in [-0.15, -0.1) is 0 Å². The Morgan fingerprint density at radius 1 is 1.38 bits per heavy atom. The second kappa shape index (κ2) is 5.86. The van der Waals surface area contributed by atoms with Gasteiger partial charge in [0.15, 0.2) is 12.0 Å². The number of aromatic nitrogens is 3. The number of rotatable bonds is 5. The van der Waals surface area contributed by atoms with Gasteiger partial charge in [-0.05, 0) is 20.3 Å². The van der Waals surface area contributed by atoms with Gasteiger partial charge >= 0.3 is 0 Å². The fourth-order valence-corrected chi connectivity index (χ4v) is 2.83. The molecular formula is C15H16ClN5O3. The molecule has 0 aromatic carbocycles. The Hall–Kier alpha value is -2.48. The lowest BCUT2D eigenvalue weighted by atomic mass is 10.2. The summed E-state index contributed by atoms with van der Waals surface area (Å²) in [6.07, 6.45) is 3.04. The van der Waals surface area contributed by atoms with Crippen molar-refractivity contribution in [2.24, 2.45) is 0 Å². The normalized spacial score (nSPS) is 18.3. The summed E-state index contributed by atoms with van der Waals surface area (Å²) in [4.78, 5) is 24.5. The topological polar surface area (TPSA) is 94.0 Å². The third-order valence-corrected chi connectivity index (χ3v) is 4.35. The lowest BCUT2D eigenvalue weighted by Gasteiger charge is -2.10. The van der Waals surface area contributed by atoms with E-state index in [0.717, 1.165) is 5.69 Å². The monoisotopic (exact) mass is 349 g/mol. The maximum absolute atomic E-state index is 10.7. The molecule has 126 valence electrons. The van der Waals surface area contributed by atoms with Gasteiger partial charge in [-0.2, -0.15) is 0 Å². The van der Waals surface area contributed by atoms with E-state index >= 15 is 0 Å². The lowest BCUT2D eigenvalue weighted by Crippen LogP contribution is -2.10. The molecule has 1 saturated heterocycles. The van der Waals surface area contributed by atoms with E-state index in [2.05, 4.69) is 15.0 Å². The van der Waals surface area contributed by atoms with E-state index in [0.29, 0.717) is 23.1 Å². The molecule has 1 atom stereocenters. The van der Waals surface area contributed by atoms with Crippen molar-refractivity contribution in [2.45, 2.75) is 39.0 Å². The molecule has 3 rings (SSSR count). The van der Waals surface area contributed by atoms with Crippen molar-refractivity contribution in [2.75, 3.05) is 4.90 Å². The van der Waals surface area contributed by atoms with E-state index in [1.807, 2.05) is 25.7 Å². The summed E-state index contributed by atoms with van der Waals surface area (Å²) < 4.78 is 5.84. The van der Waals surface area contributed by atoms with Crippen LogP contribution in [0.15, 0.2) is 24.7 Å². The molecule has 1 fully saturated rings. The maximum Gasteiger partial charge on any atom is 0.287 e. The minimum atomic E-state index is -0.503. The zero-order valence-corrected chi connectivity index (χ0v) is 14.2. The highest BCUT2D eigenvalue weighted by Crippen LogP contribution is 2.47. The van der Waals surface area contributed by atoms with Crippen molar-refractivity contribution < 1.29 is 9.66 Å². The summed E-state index contributed by atoms with van der Waals surface area (Å²) in [6, 6.07) is 2.83. The van der Waals surface area contributed by atoms with Crippen molar-refractivity contribution in [1.29, 1.82) is 0 Å². The van der Waals surface area contributed by atoms with E-state index < -0.39 is 4.92 Å². The SMILES string of the molecule is CCc1ncnc(N2C(Oc3ccc([N+](=O)[O-])cn3)C2(C)C)c1Cl. The molecule has 3 heterocycles. The first-order valence-electron chi connectivity index (χ1n) is 7.42. The number of hydrogen-bond donors (Lipinski definition) is 0. The quantitative estimate of drug-likeness (QED) is 0.465. The second-order valence-corrected chi connectivity index (χ2v) is 6.30. The molecule has 1 aliphatic heterocycles. The molecule has 24 heavy (non-hydrogen) atoms. The Morgan fingerprint density at radius 3 is 2.71 bits per heavy atom. The number of halogens is 1. The maximum atomic E-state index is 10.7. The first-order valence-corrected chi connectivity index (χ1v) is 7.80. The van der Waals surface area contributed by atoms with Crippen LogP contribution in [0.2, 0.25) is 5.02 Å². The predicted molar refractivity (Wildman–Crippen MR) is 88.3 cm³/mol. The molecular weight excluding hydrogens is 334 g/mol. The van der Waals surface area contributed by atoms with E-state index in [4.69, 9.17) is 16.3 Å². The van der Waals surface area contributed by atoms with Crippen LogP contribution in [-0.2, 0) is 6.42 Å². The highest BCUT2D eigenvalue weighted by Gasteiger charge is 2.60. The first-order chi connectivity index (χ1) is 11.4. The minimum absolute atomic E-state index is 0.0827. The van der Waals surface area contributed by atoms with E-state index in [9.17, 15) is 10.1 Å². The van der Waals surface area contributed by atoms with Gasteiger partial charge in [0.2, 0.25) is 5.88 Å². The number of anilines is 1. The van der Waals surface area contributed by atoms with Gasteiger partial charge in [0.05, 0.1) is 16.2 Å². The molecule has 8 nitrogen and oxygen atoms in total. The molecule has 0 amide bonds. The summed E-state index contributed by atoms with van der Waals surface area (Å²) in [7, 11) is 0. The van der Waals surface area contributed by atoms with Crippen LogP contribution in [0, 0.1) is 10.1 Å². The summed E-state index contributed by atoms with van der Waals surface area (Å²) in [5, 5.41) is 11.2. The summed E-state index contributed by atoms with van der Waals surface area (Å²) in [5.74, 6) is 0.919. The van der Waals surface area contributed by atoms with Crippen LogP contribution in [0.25, 0.3) is 0 Å². The molecule has 0 bridgehead atoms. The van der Waals surface area contributed by atoms with Crippen LogP contribution in [-0.4, -0.2) is 31.6 Å². The predicted octanol–water partition coefficient (Wildman–Crippen LogP) is 3.00. The Balaban J connectivity index is 1.82. The Labute approximate surface area is 143 Å². The highest BCUT2D eigenvalue weighted by molar-refractivity contribution is 6.33. The second-order valence-electron chi connectivity index (χ2n) is 5.92. The number of aryl methyl sites for hydroxylation is 1. The molecule has 0 radical (unpaired) electrons. The van der Waals surface area contributed by atoms with Gasteiger partial charge in [-0.3, -0.25) is 10.1 Å². The zero-order chi connectivity index (χ0) is 17.5. The molecule has 0 spiro atoms. The zero-order valence-electron chi connectivity index (χ0n) is 13.4. The van der Waals surface area contributed by atoms with Crippen LogP contribution in [0.4, 0.5) is 11.5 Å². The number of hydrogen-bond acceptors (Lipinski definition) is 7. The van der Waals surface area contributed by atoms with Crippen molar-refractivity contribution >= 4 is 23.1 Å². The average molecular weight is 350 g/mol. The average Bonchev–Trinajstić information content (AvgIpc) is 3.08. The van der Waals surface area contributed by atoms with Gasteiger partial charge in [0.25, 0.3) is 5.69 Å². The van der Waals surface area contributed by atoms with Crippen LogP contribution >= 0.6 is 11.6 Å². The van der Waals surface area contributed by atoms with E-state index in [1.54, 1.807) is 0 Å². The van der Waals surface area contributed by atoms with Crippen LogP contribution in [0.5, 0.6) is 5.88 Å². The van der Waals surface area contributed by atoms with Crippen LogP contribution in [0.1, 0.15) is 26.5 Å². The molecule has 0 N–H and O–H groups in total. The van der Waals surface area contributed by atoms with Gasteiger partial charge in [-0.25, -0.2) is 15.0 Å². The number of ether oxygens (including phenoxy) is 1. The van der Waals surface area contributed by atoms with E-state index in [-0.39, 0.29) is 17.5 Å². The Bertz CT molecular complexity index is 781. The molecule has 0 saturated carbocycles. The molecule has 2 aromatic heterocycles. The summed E-state index contributed by atoms with van der Waals surface area (Å²) in [5.41, 5.74) is 0.365. The molecule has 0 aliphatic carbocycles.